The summed E-state index contributed by atoms with van der Waals surface area (Å²) in [5.74, 6) is 0.134. The van der Waals surface area contributed by atoms with Gasteiger partial charge >= 0.3 is 0 Å². The second-order valence-electron chi connectivity index (χ2n) is 5.90. The van der Waals surface area contributed by atoms with Gasteiger partial charge in [0.1, 0.15) is 5.82 Å². The number of nitrogen functional groups attached to an aromatic ring is 1. The molecule has 30 heavy (non-hydrogen) atoms. The molecule has 0 saturated heterocycles. The predicted molar refractivity (Wildman–Crippen MR) is 111 cm³/mol. The van der Waals surface area contributed by atoms with Gasteiger partial charge < -0.3 is 15.2 Å². The van der Waals surface area contributed by atoms with Crippen molar-refractivity contribution in [3.63, 3.8) is 0 Å². The van der Waals surface area contributed by atoms with Crippen LogP contribution in [0.25, 0.3) is 0 Å². The molecule has 3 aromatic rings. The molecule has 0 atom stereocenters. The second kappa shape index (κ2) is 9.55. The maximum atomic E-state index is 13.6. The number of carbonyl (C=O) groups excluding carboxylic acids is 1. The molecule has 1 aromatic carbocycles. The van der Waals surface area contributed by atoms with Gasteiger partial charge in [-0.15, -0.1) is 10.2 Å². The molecule has 0 fully saturated rings. The zero-order chi connectivity index (χ0) is 21.7. The molecule has 0 spiro atoms. The number of benzene rings is 1. The molecule has 0 aliphatic heterocycles. The minimum atomic E-state index is -0.571. The van der Waals surface area contributed by atoms with Crippen LogP contribution >= 0.6 is 23.2 Å². The number of nitrogens with two attached hydrogens (primary N) is 1. The van der Waals surface area contributed by atoms with Gasteiger partial charge in [-0.3, -0.25) is 9.69 Å². The fourth-order valence-electron chi connectivity index (χ4n) is 2.58. The number of methoxy groups -OCH3 is 1. The van der Waals surface area contributed by atoms with Crippen LogP contribution in [-0.4, -0.2) is 35.3 Å². The van der Waals surface area contributed by atoms with E-state index in [1.807, 2.05) is 0 Å². The van der Waals surface area contributed by atoms with Gasteiger partial charge in [0, 0.05) is 29.8 Å². The highest BCUT2D eigenvalue weighted by atomic mass is 35.5. The van der Waals surface area contributed by atoms with E-state index in [0.29, 0.717) is 28.6 Å². The van der Waals surface area contributed by atoms with E-state index in [1.54, 1.807) is 12.1 Å². The standard InChI is InChI=1S/C19H16Cl2FN5O3/c1-29-17-8-11(4-6-24-17)27(10-28)16-9-15(19(23)26-25-16)30-7-5-12-13(20)2-3-14(22)18(12)21/h2-4,6,8-10H,5,7H2,1H3,(H2,23,26). The number of carbonyl (C=O) groups is 1. The van der Waals surface area contributed by atoms with Crippen LogP contribution in [0.2, 0.25) is 10.0 Å². The Hall–Kier alpha value is -3.17. The van der Waals surface area contributed by atoms with E-state index in [4.69, 9.17) is 38.4 Å². The van der Waals surface area contributed by atoms with Crippen molar-refractivity contribution in [2.24, 2.45) is 0 Å². The monoisotopic (exact) mass is 451 g/mol. The third kappa shape index (κ3) is 4.69. The van der Waals surface area contributed by atoms with E-state index in [0.717, 1.165) is 0 Å². The number of hydrogen-bond acceptors (Lipinski definition) is 7. The van der Waals surface area contributed by atoms with Crippen molar-refractivity contribution in [2.45, 2.75) is 6.42 Å². The number of pyridine rings is 1. The quantitative estimate of drug-likeness (QED) is 0.409. The molecule has 11 heteroatoms. The van der Waals surface area contributed by atoms with Crippen LogP contribution < -0.4 is 20.1 Å². The Labute approximate surface area is 181 Å². The Morgan fingerprint density at radius 1 is 1.23 bits per heavy atom. The lowest BCUT2D eigenvalue weighted by Gasteiger charge is -2.17. The summed E-state index contributed by atoms with van der Waals surface area (Å²) in [5.41, 5.74) is 6.70. The summed E-state index contributed by atoms with van der Waals surface area (Å²) in [5, 5.41) is 8.03. The molecule has 0 unspecified atom stereocenters. The van der Waals surface area contributed by atoms with Crippen molar-refractivity contribution in [1.29, 1.82) is 0 Å². The van der Waals surface area contributed by atoms with Crippen molar-refractivity contribution in [2.75, 3.05) is 24.4 Å². The van der Waals surface area contributed by atoms with Crippen molar-refractivity contribution in [1.82, 2.24) is 15.2 Å². The fourth-order valence-corrected chi connectivity index (χ4v) is 3.14. The smallest absolute Gasteiger partial charge is 0.219 e. The largest absolute Gasteiger partial charge is 0.489 e. The molecule has 0 radical (unpaired) electrons. The van der Waals surface area contributed by atoms with Crippen molar-refractivity contribution in [3.05, 3.63) is 58.0 Å². The summed E-state index contributed by atoms with van der Waals surface area (Å²) in [7, 11) is 1.46. The molecule has 3 rings (SSSR count). The molecule has 0 aliphatic carbocycles. The van der Waals surface area contributed by atoms with Gasteiger partial charge in [0.05, 0.1) is 24.4 Å². The molecule has 2 aromatic heterocycles. The summed E-state index contributed by atoms with van der Waals surface area (Å²) in [6.45, 7) is 0.0857. The first kappa shape index (κ1) is 21.5. The molecule has 2 heterocycles. The molecule has 2 N–H and O–H groups in total. The second-order valence-corrected chi connectivity index (χ2v) is 6.69. The number of ether oxygens (including phenoxy) is 2. The Morgan fingerprint density at radius 3 is 2.77 bits per heavy atom. The summed E-state index contributed by atoms with van der Waals surface area (Å²) < 4.78 is 24.4. The zero-order valence-corrected chi connectivity index (χ0v) is 17.2. The maximum absolute atomic E-state index is 13.6. The van der Waals surface area contributed by atoms with Crippen molar-refractivity contribution >= 4 is 46.9 Å². The zero-order valence-electron chi connectivity index (χ0n) is 15.7. The number of anilines is 3. The highest BCUT2D eigenvalue weighted by molar-refractivity contribution is 6.36. The Morgan fingerprint density at radius 2 is 2.03 bits per heavy atom. The fraction of sp³-hybridized carbons (Fsp3) is 0.158. The summed E-state index contributed by atoms with van der Waals surface area (Å²) in [6, 6.07) is 7.22. The van der Waals surface area contributed by atoms with Gasteiger partial charge in [0.25, 0.3) is 0 Å². The van der Waals surface area contributed by atoms with E-state index < -0.39 is 5.82 Å². The van der Waals surface area contributed by atoms with Gasteiger partial charge in [-0.25, -0.2) is 9.37 Å². The van der Waals surface area contributed by atoms with Gasteiger partial charge in [0.15, 0.2) is 17.4 Å². The average Bonchev–Trinajstić information content (AvgIpc) is 2.76. The molecule has 8 nitrogen and oxygen atoms in total. The number of aromatic nitrogens is 3. The lowest BCUT2D eigenvalue weighted by atomic mass is 10.1. The van der Waals surface area contributed by atoms with E-state index >= 15 is 0 Å². The highest BCUT2D eigenvalue weighted by Gasteiger charge is 2.16. The van der Waals surface area contributed by atoms with Crippen molar-refractivity contribution < 1.29 is 18.7 Å². The minimum Gasteiger partial charge on any atom is -0.489 e. The van der Waals surface area contributed by atoms with Crippen molar-refractivity contribution in [3.8, 4) is 11.6 Å². The predicted octanol–water partition coefficient (Wildman–Crippen LogP) is 3.82. The summed E-state index contributed by atoms with van der Waals surface area (Å²) in [4.78, 5) is 16.9. The molecule has 0 bridgehead atoms. The molecule has 1 amide bonds. The van der Waals surface area contributed by atoms with E-state index in [1.165, 1.54) is 36.4 Å². The normalized spacial score (nSPS) is 10.5. The number of nitrogens with zero attached hydrogens (tertiary/aromatic N) is 4. The first-order valence-electron chi connectivity index (χ1n) is 8.57. The number of halogens is 3. The average molecular weight is 452 g/mol. The number of rotatable bonds is 8. The van der Waals surface area contributed by atoms with Crippen LogP contribution in [0.1, 0.15) is 5.56 Å². The minimum absolute atomic E-state index is 0.0216. The van der Waals surface area contributed by atoms with E-state index in [-0.39, 0.29) is 35.4 Å². The third-order valence-electron chi connectivity index (χ3n) is 4.08. The maximum Gasteiger partial charge on any atom is 0.219 e. The van der Waals surface area contributed by atoms with Crippen LogP contribution in [0, 0.1) is 5.82 Å². The number of amides is 1. The van der Waals surface area contributed by atoms with Crippen LogP contribution in [0.5, 0.6) is 11.6 Å². The van der Waals surface area contributed by atoms with Crippen LogP contribution in [-0.2, 0) is 11.2 Å². The van der Waals surface area contributed by atoms with Gasteiger partial charge in [-0.2, -0.15) is 0 Å². The van der Waals surface area contributed by atoms with E-state index in [2.05, 4.69) is 15.2 Å². The Kier molecular flexibility index (Phi) is 6.86. The highest BCUT2D eigenvalue weighted by Crippen LogP contribution is 2.30. The van der Waals surface area contributed by atoms with Crippen LogP contribution in [0.4, 0.5) is 21.7 Å². The lowest BCUT2D eigenvalue weighted by molar-refractivity contribution is -0.106. The number of hydrogen-bond donors (Lipinski definition) is 1. The summed E-state index contributed by atoms with van der Waals surface area (Å²) in [6.07, 6.45) is 2.27. The Balaban J connectivity index is 1.79. The van der Waals surface area contributed by atoms with Gasteiger partial charge in [-0.1, -0.05) is 23.2 Å². The van der Waals surface area contributed by atoms with E-state index in [9.17, 15) is 9.18 Å². The lowest BCUT2D eigenvalue weighted by Crippen LogP contribution is -2.17. The first-order chi connectivity index (χ1) is 14.4. The van der Waals surface area contributed by atoms with Gasteiger partial charge in [0.2, 0.25) is 12.3 Å². The molecular weight excluding hydrogens is 436 g/mol. The first-order valence-corrected chi connectivity index (χ1v) is 9.33. The third-order valence-corrected chi connectivity index (χ3v) is 4.84. The topological polar surface area (TPSA) is 103 Å². The SMILES string of the molecule is COc1cc(N(C=O)c2cc(OCCc3c(Cl)ccc(F)c3Cl)c(N)nn2)ccn1. The van der Waals surface area contributed by atoms with Gasteiger partial charge in [-0.05, 0) is 23.8 Å². The summed E-state index contributed by atoms with van der Waals surface area (Å²) >= 11 is 12.0. The molecule has 156 valence electrons. The van der Waals surface area contributed by atoms with Crippen LogP contribution in [0.3, 0.4) is 0 Å². The Bertz CT molecular complexity index is 1070. The molecule has 0 saturated carbocycles. The molecular formula is C19H16Cl2FN5O3. The van der Waals surface area contributed by atoms with Crippen LogP contribution in [0.15, 0.2) is 36.5 Å². The molecule has 0 aliphatic rings.